The largest absolute Gasteiger partial charge is 0.300 e. The molecule has 0 heterocycles. The van der Waals surface area contributed by atoms with Crippen molar-refractivity contribution in [2.45, 2.75) is 48.0 Å². The first kappa shape index (κ1) is 14.6. The van der Waals surface area contributed by atoms with Gasteiger partial charge in [-0.1, -0.05) is 20.4 Å². The molecule has 1 aliphatic rings. The second-order valence-electron chi connectivity index (χ2n) is 5.82. The van der Waals surface area contributed by atoms with Crippen molar-refractivity contribution in [2.24, 2.45) is 5.41 Å². The van der Waals surface area contributed by atoms with E-state index in [-0.39, 0.29) is 17.0 Å². The van der Waals surface area contributed by atoms with Gasteiger partial charge in [-0.15, -0.1) is 0 Å². The van der Waals surface area contributed by atoms with Gasteiger partial charge in [0.25, 0.3) is 0 Å². The molecule has 0 bridgehead atoms. The molecule has 2 heteroatoms. The van der Waals surface area contributed by atoms with Gasteiger partial charge in [0, 0.05) is 17.6 Å². The maximum atomic E-state index is 12.2. The topological polar surface area (TPSA) is 34.1 Å². The molecule has 1 rings (SSSR count). The van der Waals surface area contributed by atoms with Crippen molar-refractivity contribution >= 4 is 11.6 Å². The summed E-state index contributed by atoms with van der Waals surface area (Å²) in [6.07, 6.45) is 0.429. The highest BCUT2D eigenvalue weighted by Crippen LogP contribution is 2.43. The van der Waals surface area contributed by atoms with Gasteiger partial charge in [0.1, 0.15) is 5.78 Å². The Morgan fingerprint density at radius 1 is 1.11 bits per heavy atom. The summed E-state index contributed by atoms with van der Waals surface area (Å²) in [5.74, 6) is 0.205. The Bertz CT molecular complexity index is 499. The van der Waals surface area contributed by atoms with E-state index in [0.717, 1.165) is 27.9 Å². The maximum absolute atomic E-state index is 12.2. The molecule has 1 aliphatic carbocycles. The third-order valence-corrected chi connectivity index (χ3v) is 3.74. The van der Waals surface area contributed by atoms with Crippen LogP contribution >= 0.6 is 0 Å². The lowest BCUT2D eigenvalue weighted by atomic mass is 9.69. The summed E-state index contributed by atoms with van der Waals surface area (Å²) in [7, 11) is 0. The van der Waals surface area contributed by atoms with Crippen molar-refractivity contribution in [3.8, 4) is 0 Å². The summed E-state index contributed by atoms with van der Waals surface area (Å²) < 4.78 is 0. The Hall–Kier alpha value is -1.44. The molecule has 0 aromatic carbocycles. The minimum atomic E-state index is -0.343. The summed E-state index contributed by atoms with van der Waals surface area (Å²) in [6.45, 7) is 15.3. The van der Waals surface area contributed by atoms with Crippen LogP contribution in [-0.4, -0.2) is 11.6 Å². The molecule has 0 radical (unpaired) electrons. The quantitative estimate of drug-likeness (QED) is 0.759. The van der Waals surface area contributed by atoms with E-state index in [1.807, 2.05) is 34.6 Å². The SMILES string of the molecule is C=C1C(C)=C(C)C(=O)C(C)=C1C(C)(C)CC(C)=O. The van der Waals surface area contributed by atoms with Crippen LogP contribution in [0.5, 0.6) is 0 Å². The monoisotopic (exact) mass is 246 g/mol. The zero-order valence-electron chi connectivity index (χ0n) is 12.2. The van der Waals surface area contributed by atoms with Gasteiger partial charge in [-0.25, -0.2) is 0 Å². The van der Waals surface area contributed by atoms with Crippen molar-refractivity contribution in [1.29, 1.82) is 0 Å². The molecule has 0 aliphatic heterocycles. The van der Waals surface area contributed by atoms with Crippen LogP contribution in [0.2, 0.25) is 0 Å². The van der Waals surface area contributed by atoms with Crippen LogP contribution in [0, 0.1) is 5.41 Å². The average molecular weight is 246 g/mol. The highest BCUT2D eigenvalue weighted by atomic mass is 16.1. The number of ketones is 2. The molecule has 0 fully saturated rings. The summed E-state index contributed by atoms with van der Waals surface area (Å²) in [5, 5.41) is 0. The Kier molecular flexibility index (Phi) is 3.80. The second-order valence-corrected chi connectivity index (χ2v) is 5.82. The van der Waals surface area contributed by atoms with Crippen LogP contribution in [0.3, 0.4) is 0 Å². The molecule has 98 valence electrons. The minimum absolute atomic E-state index is 0.0755. The summed E-state index contributed by atoms with van der Waals surface area (Å²) in [5.41, 5.74) is 3.93. The lowest BCUT2D eigenvalue weighted by Gasteiger charge is -2.34. The summed E-state index contributed by atoms with van der Waals surface area (Å²) in [6, 6.07) is 0. The summed E-state index contributed by atoms with van der Waals surface area (Å²) in [4.78, 5) is 23.6. The third kappa shape index (κ3) is 2.38. The van der Waals surface area contributed by atoms with Gasteiger partial charge in [-0.05, 0) is 49.8 Å². The second kappa shape index (κ2) is 4.68. The van der Waals surface area contributed by atoms with E-state index in [9.17, 15) is 9.59 Å². The van der Waals surface area contributed by atoms with Gasteiger partial charge in [-0.3, -0.25) is 9.59 Å². The smallest absolute Gasteiger partial charge is 0.185 e. The van der Waals surface area contributed by atoms with E-state index >= 15 is 0 Å². The lowest BCUT2D eigenvalue weighted by Crippen LogP contribution is -2.26. The Balaban J connectivity index is 3.36. The molecule has 0 N–H and O–H groups in total. The maximum Gasteiger partial charge on any atom is 0.185 e. The van der Waals surface area contributed by atoms with E-state index in [1.54, 1.807) is 6.92 Å². The van der Waals surface area contributed by atoms with Gasteiger partial charge in [0.15, 0.2) is 5.78 Å². The third-order valence-electron chi connectivity index (χ3n) is 3.74. The van der Waals surface area contributed by atoms with Crippen LogP contribution in [-0.2, 0) is 9.59 Å². The van der Waals surface area contributed by atoms with Crippen molar-refractivity contribution in [2.75, 3.05) is 0 Å². The fourth-order valence-electron chi connectivity index (χ4n) is 2.83. The number of rotatable bonds is 3. The molecule has 0 saturated carbocycles. The van der Waals surface area contributed by atoms with Crippen LogP contribution < -0.4 is 0 Å². The first-order valence-corrected chi connectivity index (χ1v) is 6.22. The van der Waals surface area contributed by atoms with E-state index in [0.29, 0.717) is 6.42 Å². The number of hydrogen-bond acceptors (Lipinski definition) is 2. The molecule has 0 aromatic heterocycles. The fraction of sp³-hybridized carbons (Fsp3) is 0.500. The first-order valence-electron chi connectivity index (χ1n) is 6.22. The molecule has 0 aromatic rings. The number of carbonyl (C=O) groups excluding carboxylic acids is 2. The standard InChI is InChI=1S/C16H22O2/c1-9(17)8-16(6,7)14-11(3)10(2)12(4)15(18)13(14)5/h3,8H2,1-2,4-7H3. The van der Waals surface area contributed by atoms with E-state index in [1.165, 1.54) is 0 Å². The zero-order chi connectivity index (χ0) is 14.2. The zero-order valence-corrected chi connectivity index (χ0v) is 12.2. The molecule has 0 atom stereocenters. The number of Topliss-reactive ketones (excluding diaryl/α,β-unsaturated/α-hetero) is 2. The number of hydrogen-bond donors (Lipinski definition) is 0. The number of allylic oxidation sites excluding steroid dienone is 5. The van der Waals surface area contributed by atoms with Crippen LogP contribution in [0.25, 0.3) is 0 Å². The molecular weight excluding hydrogens is 224 g/mol. The molecule has 0 saturated heterocycles. The normalized spacial score (nSPS) is 17.7. The Morgan fingerprint density at radius 3 is 2.06 bits per heavy atom. The van der Waals surface area contributed by atoms with Gasteiger partial charge in [0.05, 0.1) is 0 Å². The van der Waals surface area contributed by atoms with Crippen LogP contribution in [0.1, 0.15) is 48.0 Å². The lowest BCUT2D eigenvalue weighted by molar-refractivity contribution is -0.118. The summed E-state index contributed by atoms with van der Waals surface area (Å²) >= 11 is 0. The molecule has 0 unspecified atom stereocenters. The Morgan fingerprint density at radius 2 is 1.61 bits per heavy atom. The predicted molar refractivity (Wildman–Crippen MR) is 74.3 cm³/mol. The van der Waals surface area contributed by atoms with Crippen molar-refractivity contribution in [1.82, 2.24) is 0 Å². The molecular formula is C16H22O2. The molecule has 0 amide bonds. The number of carbonyl (C=O) groups is 2. The molecule has 2 nitrogen and oxygen atoms in total. The van der Waals surface area contributed by atoms with Crippen molar-refractivity contribution < 1.29 is 9.59 Å². The van der Waals surface area contributed by atoms with Crippen LogP contribution in [0.4, 0.5) is 0 Å². The predicted octanol–water partition coefficient (Wildman–Crippen LogP) is 3.78. The fourth-order valence-corrected chi connectivity index (χ4v) is 2.83. The van der Waals surface area contributed by atoms with E-state index in [2.05, 4.69) is 6.58 Å². The van der Waals surface area contributed by atoms with Gasteiger partial charge in [-0.2, -0.15) is 0 Å². The van der Waals surface area contributed by atoms with Gasteiger partial charge in [0.2, 0.25) is 0 Å². The van der Waals surface area contributed by atoms with Crippen molar-refractivity contribution in [3.05, 3.63) is 34.4 Å². The van der Waals surface area contributed by atoms with E-state index in [4.69, 9.17) is 0 Å². The van der Waals surface area contributed by atoms with E-state index < -0.39 is 0 Å². The van der Waals surface area contributed by atoms with Crippen LogP contribution in [0.15, 0.2) is 34.4 Å². The average Bonchev–Trinajstić information content (AvgIpc) is 2.21. The molecule has 0 spiro atoms. The van der Waals surface area contributed by atoms with Gasteiger partial charge < -0.3 is 0 Å². The molecule has 18 heavy (non-hydrogen) atoms. The highest BCUT2D eigenvalue weighted by Gasteiger charge is 2.34. The highest BCUT2D eigenvalue weighted by molar-refractivity contribution is 6.11. The minimum Gasteiger partial charge on any atom is -0.300 e. The van der Waals surface area contributed by atoms with Crippen molar-refractivity contribution in [3.63, 3.8) is 0 Å². The first-order chi connectivity index (χ1) is 8.09. The Labute approximate surface area is 109 Å². The van der Waals surface area contributed by atoms with Gasteiger partial charge >= 0.3 is 0 Å².